The molecule has 0 saturated carbocycles. The van der Waals surface area contributed by atoms with Gasteiger partial charge in [-0.15, -0.1) is 0 Å². The van der Waals surface area contributed by atoms with Crippen LogP contribution in [0.25, 0.3) is 0 Å². The molecule has 0 aliphatic carbocycles. The van der Waals surface area contributed by atoms with E-state index in [0.717, 1.165) is 0 Å². The predicted molar refractivity (Wildman–Crippen MR) is 69.1 cm³/mol. The number of fused-ring (bicyclic) bond motifs is 2. The summed E-state index contributed by atoms with van der Waals surface area (Å²) in [5.74, 6) is -0.649. The zero-order valence-corrected chi connectivity index (χ0v) is 11.8. The Hall–Kier alpha value is -1.22. The summed E-state index contributed by atoms with van der Waals surface area (Å²) in [6.07, 6.45) is 1.33. The van der Waals surface area contributed by atoms with E-state index >= 15 is 0 Å². The van der Waals surface area contributed by atoms with Crippen LogP contribution in [0, 0.1) is 5.92 Å². The third-order valence-corrected chi connectivity index (χ3v) is 3.70. The van der Waals surface area contributed by atoms with Crippen LogP contribution in [-0.4, -0.2) is 59.1 Å². The highest BCUT2D eigenvalue weighted by Gasteiger charge is 2.37. The normalized spacial score (nSPS) is 30.7. The van der Waals surface area contributed by atoms with Crippen LogP contribution >= 0.6 is 0 Å². The molecule has 0 radical (unpaired) electrons. The van der Waals surface area contributed by atoms with Gasteiger partial charge in [0.25, 0.3) is 5.91 Å². The summed E-state index contributed by atoms with van der Waals surface area (Å²) in [7, 11) is 0. The second-order valence-corrected chi connectivity index (χ2v) is 5.55. The summed E-state index contributed by atoms with van der Waals surface area (Å²) in [5, 5.41) is 10.9. The van der Waals surface area contributed by atoms with Crippen LogP contribution in [-0.2, 0) is 14.3 Å². The van der Waals surface area contributed by atoms with Gasteiger partial charge < -0.3 is 9.94 Å². The summed E-state index contributed by atoms with van der Waals surface area (Å²) in [6, 6.07) is -0.350. The van der Waals surface area contributed by atoms with Crippen molar-refractivity contribution in [2.24, 2.45) is 5.92 Å². The molecule has 2 bridgehead atoms. The second-order valence-electron chi connectivity index (χ2n) is 5.55. The first-order chi connectivity index (χ1) is 9.49. The molecule has 2 aliphatic rings. The van der Waals surface area contributed by atoms with E-state index in [9.17, 15) is 14.8 Å². The Bertz CT molecular complexity index is 376. The smallest absolute Gasteiger partial charge is 0.255 e. The molecule has 20 heavy (non-hydrogen) atoms. The minimum atomic E-state index is -0.342. The zero-order valence-electron chi connectivity index (χ0n) is 11.8. The Labute approximate surface area is 118 Å². The fourth-order valence-corrected chi connectivity index (χ4v) is 2.41. The number of piperidine rings is 1. The molecule has 2 rings (SSSR count). The first kappa shape index (κ1) is 15.2. The SMILES string of the molecule is CC(C)C(=O)NNC(=O)C1CCC2CN1COCN2O. The van der Waals surface area contributed by atoms with E-state index in [2.05, 4.69) is 10.9 Å². The highest BCUT2D eigenvalue weighted by atomic mass is 16.6. The maximum Gasteiger partial charge on any atom is 0.255 e. The van der Waals surface area contributed by atoms with Gasteiger partial charge in [0.2, 0.25) is 5.91 Å². The Morgan fingerprint density at radius 3 is 2.70 bits per heavy atom. The second kappa shape index (κ2) is 6.49. The summed E-state index contributed by atoms with van der Waals surface area (Å²) in [6.45, 7) is 4.53. The van der Waals surface area contributed by atoms with Crippen molar-refractivity contribution in [2.45, 2.75) is 38.8 Å². The van der Waals surface area contributed by atoms with Gasteiger partial charge in [-0.3, -0.25) is 25.3 Å². The van der Waals surface area contributed by atoms with Crippen LogP contribution in [0.3, 0.4) is 0 Å². The average molecular weight is 286 g/mol. The highest BCUT2D eigenvalue weighted by molar-refractivity contribution is 5.85. The van der Waals surface area contributed by atoms with E-state index in [1.807, 2.05) is 4.90 Å². The topological polar surface area (TPSA) is 94.1 Å². The van der Waals surface area contributed by atoms with Gasteiger partial charge in [0.15, 0.2) is 0 Å². The Morgan fingerprint density at radius 1 is 1.25 bits per heavy atom. The van der Waals surface area contributed by atoms with E-state index in [4.69, 9.17) is 4.74 Å². The number of nitrogens with zero attached hydrogens (tertiary/aromatic N) is 2. The Balaban J connectivity index is 1.89. The van der Waals surface area contributed by atoms with Gasteiger partial charge >= 0.3 is 0 Å². The minimum Gasteiger partial charge on any atom is -0.349 e. The number of hydroxylamine groups is 2. The number of hydrogen-bond acceptors (Lipinski definition) is 6. The van der Waals surface area contributed by atoms with Crippen molar-refractivity contribution in [3.8, 4) is 0 Å². The number of carbonyl (C=O) groups excluding carboxylic acids is 2. The quantitative estimate of drug-likeness (QED) is 0.579. The molecule has 2 fully saturated rings. The highest BCUT2D eigenvalue weighted by Crippen LogP contribution is 2.22. The lowest BCUT2D eigenvalue weighted by molar-refractivity contribution is -0.175. The molecule has 114 valence electrons. The Morgan fingerprint density at radius 2 is 2.00 bits per heavy atom. The van der Waals surface area contributed by atoms with Crippen molar-refractivity contribution < 1.29 is 19.5 Å². The van der Waals surface area contributed by atoms with Gasteiger partial charge in [0.05, 0.1) is 12.1 Å². The zero-order chi connectivity index (χ0) is 14.7. The minimum absolute atomic E-state index is 0.00759. The fraction of sp³-hybridized carbons (Fsp3) is 0.833. The van der Waals surface area contributed by atoms with E-state index in [1.54, 1.807) is 13.8 Å². The number of rotatable bonds is 2. The molecular formula is C12H22N4O4. The van der Waals surface area contributed by atoms with Crippen LogP contribution in [0.4, 0.5) is 0 Å². The van der Waals surface area contributed by atoms with Crippen LogP contribution in [0.2, 0.25) is 0 Å². The third-order valence-electron chi connectivity index (χ3n) is 3.70. The molecule has 0 aromatic rings. The third kappa shape index (κ3) is 3.45. The molecule has 0 spiro atoms. The van der Waals surface area contributed by atoms with E-state index in [1.165, 1.54) is 5.06 Å². The largest absolute Gasteiger partial charge is 0.349 e. The molecule has 8 nitrogen and oxygen atoms in total. The lowest BCUT2D eigenvalue weighted by Crippen LogP contribution is -2.57. The molecule has 0 aromatic heterocycles. The molecule has 2 saturated heterocycles. The molecule has 8 heteroatoms. The number of hydrogen-bond donors (Lipinski definition) is 3. The van der Waals surface area contributed by atoms with Gasteiger partial charge in [-0.25, -0.2) is 0 Å². The fourth-order valence-electron chi connectivity index (χ4n) is 2.41. The molecule has 0 aromatic carbocycles. The predicted octanol–water partition coefficient (Wildman–Crippen LogP) is -0.741. The van der Waals surface area contributed by atoms with E-state index < -0.39 is 0 Å². The van der Waals surface area contributed by atoms with Crippen molar-refractivity contribution in [3.05, 3.63) is 0 Å². The first-order valence-corrected chi connectivity index (χ1v) is 6.86. The van der Waals surface area contributed by atoms with Gasteiger partial charge in [0, 0.05) is 12.5 Å². The van der Waals surface area contributed by atoms with Crippen molar-refractivity contribution in [1.82, 2.24) is 20.8 Å². The molecular weight excluding hydrogens is 264 g/mol. The first-order valence-electron chi connectivity index (χ1n) is 6.86. The van der Waals surface area contributed by atoms with E-state index in [-0.39, 0.29) is 36.5 Å². The molecule has 2 aliphatic heterocycles. The Kier molecular flexibility index (Phi) is 4.92. The standard InChI is InChI=1S/C12H22N4O4/c1-8(2)11(17)13-14-12(18)10-4-3-9-5-15(10)6-20-7-16(9)19/h8-10,19H,3-7H2,1-2H3,(H,13,17)(H,14,18). The number of carbonyl (C=O) groups is 2. The summed E-state index contributed by atoms with van der Waals surface area (Å²) in [4.78, 5) is 25.4. The van der Waals surface area contributed by atoms with Crippen molar-refractivity contribution in [1.29, 1.82) is 0 Å². The summed E-state index contributed by atoms with van der Waals surface area (Å²) < 4.78 is 5.30. The summed E-state index contributed by atoms with van der Waals surface area (Å²) in [5.41, 5.74) is 4.87. The summed E-state index contributed by atoms with van der Waals surface area (Å²) >= 11 is 0. The molecule has 3 N–H and O–H groups in total. The number of hydrazine groups is 1. The monoisotopic (exact) mass is 286 g/mol. The van der Waals surface area contributed by atoms with Crippen LogP contribution < -0.4 is 10.9 Å². The maximum atomic E-state index is 12.1. The number of ether oxygens (including phenoxy) is 1. The van der Waals surface area contributed by atoms with Gasteiger partial charge in [0.1, 0.15) is 13.5 Å². The average Bonchev–Trinajstić information content (AvgIpc) is 2.56. The van der Waals surface area contributed by atoms with Crippen LogP contribution in [0.5, 0.6) is 0 Å². The van der Waals surface area contributed by atoms with E-state index in [0.29, 0.717) is 26.1 Å². The number of amides is 2. The van der Waals surface area contributed by atoms with Gasteiger partial charge in [-0.1, -0.05) is 13.8 Å². The van der Waals surface area contributed by atoms with Crippen LogP contribution in [0.15, 0.2) is 0 Å². The lowest BCUT2D eigenvalue weighted by atomic mass is 9.98. The molecule has 3 unspecified atom stereocenters. The van der Waals surface area contributed by atoms with Crippen molar-refractivity contribution >= 4 is 11.8 Å². The molecule has 3 atom stereocenters. The van der Waals surface area contributed by atoms with Gasteiger partial charge in [-0.05, 0) is 12.8 Å². The number of nitrogens with one attached hydrogen (secondary N) is 2. The molecule has 2 amide bonds. The van der Waals surface area contributed by atoms with Crippen molar-refractivity contribution in [3.63, 3.8) is 0 Å². The van der Waals surface area contributed by atoms with Crippen LogP contribution in [0.1, 0.15) is 26.7 Å². The molecule has 2 heterocycles. The van der Waals surface area contributed by atoms with Gasteiger partial charge in [-0.2, -0.15) is 5.06 Å². The maximum absolute atomic E-state index is 12.1. The lowest BCUT2D eigenvalue weighted by Gasteiger charge is -2.36. The van der Waals surface area contributed by atoms with Crippen molar-refractivity contribution in [2.75, 3.05) is 20.0 Å².